The number of hydrogen-bond acceptors (Lipinski definition) is 15. The predicted octanol–water partition coefficient (Wildman–Crippen LogP) is 6.33. The van der Waals surface area contributed by atoms with Gasteiger partial charge in [-0.3, -0.25) is 38.8 Å². The van der Waals surface area contributed by atoms with Crippen LogP contribution in [0.3, 0.4) is 0 Å². The summed E-state index contributed by atoms with van der Waals surface area (Å²) >= 11 is 0. The van der Waals surface area contributed by atoms with Gasteiger partial charge in [-0.2, -0.15) is 5.06 Å². The second-order valence-corrected chi connectivity index (χ2v) is 17.7. The molecule has 76 heavy (non-hydrogen) atoms. The van der Waals surface area contributed by atoms with Gasteiger partial charge in [-0.15, -0.1) is 0 Å². The van der Waals surface area contributed by atoms with Crippen molar-refractivity contribution in [2.24, 2.45) is 17.6 Å². The summed E-state index contributed by atoms with van der Waals surface area (Å²) < 4.78 is 23.2. The minimum Gasteiger partial charge on any atom is -0.494 e. The minimum absolute atomic E-state index is 0.0473. The molecule has 2 heterocycles. The summed E-state index contributed by atoms with van der Waals surface area (Å²) in [6, 6.07) is 13.5. The van der Waals surface area contributed by atoms with E-state index in [2.05, 4.69) is 26.6 Å². The molecule has 414 valence electrons. The third-order valence-electron chi connectivity index (χ3n) is 12.4. The summed E-state index contributed by atoms with van der Waals surface area (Å²) in [6.07, 6.45) is 6.56. The van der Waals surface area contributed by atoms with Gasteiger partial charge in [0.25, 0.3) is 17.7 Å². The number of ether oxygens (including phenoxy) is 2. The Balaban J connectivity index is 1.45. The van der Waals surface area contributed by atoms with Crippen LogP contribution in [0.15, 0.2) is 69.5 Å². The Morgan fingerprint density at radius 2 is 1.09 bits per heavy atom. The van der Waals surface area contributed by atoms with Crippen LogP contribution >= 0.6 is 0 Å². The molecule has 0 aliphatic heterocycles. The van der Waals surface area contributed by atoms with Crippen LogP contribution in [0.2, 0.25) is 0 Å². The van der Waals surface area contributed by atoms with Gasteiger partial charge < -0.3 is 55.5 Å². The van der Waals surface area contributed by atoms with Crippen LogP contribution in [0.25, 0.3) is 22.6 Å². The fraction of sp³-hybridized carbons (Fsp3) is 0.481. The van der Waals surface area contributed by atoms with Gasteiger partial charge in [0.1, 0.15) is 23.0 Å². The first-order chi connectivity index (χ1) is 36.7. The fourth-order valence-corrected chi connectivity index (χ4v) is 8.53. The standard InChI is InChI=1S/C54H74N8O14/c1-7-13-15-17-41(43(9-3)61(71)33-63)50(66)57-31-59-53(69)48-22-20-46(75-48)36-26-38(30-40(28-36)73-12-6)54(70)76-62(34-64)44(10-4)42(18-16-14-8-2)51(67)58-32-60-52(68)47-21-19-45(74-47)35-25-37(49(65)56-24-23-55)29-39(27-35)72-11-5/h19-22,25-30,33-34,41-44,71H,7-18,23-24,31-32,55H2,1-6H3,(H,56,65)(H,57,66)(H,58,67)(H,59,69)(H,60,68)/t41-,42-,43-,44-/m1/s1. The van der Waals surface area contributed by atoms with E-state index in [-0.39, 0.29) is 86.1 Å². The zero-order chi connectivity index (χ0) is 55.6. The van der Waals surface area contributed by atoms with E-state index in [9.17, 15) is 43.6 Å². The quantitative estimate of drug-likeness (QED) is 0.00871. The molecule has 0 spiro atoms. The van der Waals surface area contributed by atoms with Gasteiger partial charge in [-0.1, -0.05) is 66.2 Å². The van der Waals surface area contributed by atoms with E-state index in [1.54, 1.807) is 58.0 Å². The number of unbranched alkanes of at least 4 members (excludes halogenated alkanes) is 4. The topological polar surface area (TPSA) is 303 Å². The number of nitrogens with two attached hydrogens (primary N) is 1. The monoisotopic (exact) mass is 1060 g/mol. The maximum Gasteiger partial charge on any atom is 0.363 e. The van der Waals surface area contributed by atoms with Gasteiger partial charge in [-0.05, 0) is 100 Å². The molecule has 2 aromatic carbocycles. The van der Waals surface area contributed by atoms with Crippen molar-refractivity contribution in [2.45, 2.75) is 118 Å². The predicted molar refractivity (Wildman–Crippen MR) is 279 cm³/mol. The third-order valence-corrected chi connectivity index (χ3v) is 12.4. The molecule has 0 saturated carbocycles. The Morgan fingerprint density at radius 3 is 1.54 bits per heavy atom. The van der Waals surface area contributed by atoms with Gasteiger partial charge in [0.15, 0.2) is 11.5 Å². The van der Waals surface area contributed by atoms with Crippen LogP contribution in [0, 0.1) is 11.8 Å². The largest absolute Gasteiger partial charge is 0.494 e. The molecule has 0 saturated heterocycles. The summed E-state index contributed by atoms with van der Waals surface area (Å²) in [5, 5.41) is 24.8. The average Bonchev–Trinajstić information content (AvgIpc) is 4.14. The Morgan fingerprint density at radius 1 is 0.605 bits per heavy atom. The lowest BCUT2D eigenvalue weighted by Gasteiger charge is -2.31. The molecule has 22 nitrogen and oxygen atoms in total. The molecule has 0 aliphatic rings. The number of nitrogens with zero attached hydrogens (tertiary/aromatic N) is 2. The first kappa shape index (κ1) is 60.8. The Hall–Kier alpha value is -7.72. The van der Waals surface area contributed by atoms with Gasteiger partial charge in [0.2, 0.25) is 24.6 Å². The molecule has 22 heteroatoms. The second-order valence-electron chi connectivity index (χ2n) is 17.7. The van der Waals surface area contributed by atoms with E-state index >= 15 is 0 Å². The molecule has 0 aliphatic carbocycles. The molecule has 0 fully saturated rings. The molecule has 7 amide bonds. The number of hydroxylamine groups is 4. The zero-order valence-electron chi connectivity index (χ0n) is 44.3. The maximum atomic E-state index is 13.9. The SMILES string of the molecule is CCCCC[C@@H](C(=O)NCNC(=O)c1ccc(-c2cc(OCC)cc(C(=O)ON(C=O)[C@H](CC)[C@@H](CCCCC)C(=O)NCNC(=O)c3ccc(-c4cc(OCC)cc(C(=O)NCCN)c4)o3)c2)o1)[C@@H](CC)N(O)C=O. The highest BCUT2D eigenvalue weighted by Gasteiger charge is 2.34. The summed E-state index contributed by atoms with van der Waals surface area (Å²) in [4.78, 5) is 110. The van der Waals surface area contributed by atoms with E-state index in [0.717, 1.165) is 30.7 Å². The molecule has 8 N–H and O–H groups in total. The summed E-state index contributed by atoms with van der Waals surface area (Å²) in [5.74, 6) is -4.25. The smallest absolute Gasteiger partial charge is 0.363 e. The van der Waals surface area contributed by atoms with Crippen LogP contribution in [-0.4, -0.2) is 115 Å². The third kappa shape index (κ3) is 17.7. The van der Waals surface area contributed by atoms with Crippen LogP contribution < -0.4 is 41.8 Å². The van der Waals surface area contributed by atoms with Crippen LogP contribution in [0.1, 0.15) is 148 Å². The van der Waals surface area contributed by atoms with Gasteiger partial charge in [0.05, 0.1) is 56.0 Å². The molecule has 4 rings (SSSR count). The van der Waals surface area contributed by atoms with Crippen molar-refractivity contribution >= 4 is 48.3 Å². The molecule has 0 unspecified atom stereocenters. The Labute approximate surface area is 443 Å². The highest BCUT2D eigenvalue weighted by molar-refractivity contribution is 5.97. The molecule has 0 radical (unpaired) electrons. The average molecular weight is 1060 g/mol. The lowest BCUT2D eigenvalue weighted by molar-refractivity contribution is -0.171. The Bertz CT molecular complexity index is 2550. The van der Waals surface area contributed by atoms with Crippen molar-refractivity contribution in [3.05, 3.63) is 83.3 Å². The number of carbonyl (C=O) groups excluding carboxylic acids is 8. The number of nitrogens with one attached hydrogen (secondary N) is 5. The van der Waals surface area contributed by atoms with Crippen molar-refractivity contribution in [2.75, 3.05) is 39.6 Å². The van der Waals surface area contributed by atoms with Crippen LogP contribution in [0.5, 0.6) is 11.5 Å². The molecule has 4 aromatic rings. The van der Waals surface area contributed by atoms with Crippen molar-refractivity contribution in [1.29, 1.82) is 0 Å². The maximum absolute atomic E-state index is 13.9. The normalized spacial score (nSPS) is 12.5. The van der Waals surface area contributed by atoms with E-state index in [4.69, 9.17) is 28.9 Å². The first-order valence-electron chi connectivity index (χ1n) is 25.9. The fourth-order valence-electron chi connectivity index (χ4n) is 8.53. The second kappa shape index (κ2) is 31.9. The summed E-state index contributed by atoms with van der Waals surface area (Å²) in [6.45, 7) is 11.6. The summed E-state index contributed by atoms with van der Waals surface area (Å²) in [7, 11) is 0. The number of amides is 7. The van der Waals surface area contributed by atoms with Crippen LogP contribution in [0.4, 0.5) is 0 Å². The number of furan rings is 2. The van der Waals surface area contributed by atoms with Crippen molar-refractivity contribution in [1.82, 2.24) is 36.7 Å². The molecular weight excluding hydrogens is 985 g/mol. The first-order valence-corrected chi connectivity index (χ1v) is 25.9. The lowest BCUT2D eigenvalue weighted by Crippen LogP contribution is -2.49. The number of hydrogen-bond donors (Lipinski definition) is 7. The lowest BCUT2D eigenvalue weighted by atomic mass is 9.90. The van der Waals surface area contributed by atoms with Crippen molar-refractivity contribution < 1.29 is 66.7 Å². The van der Waals surface area contributed by atoms with E-state index in [1.165, 1.54) is 30.3 Å². The zero-order valence-corrected chi connectivity index (χ0v) is 44.3. The van der Waals surface area contributed by atoms with Gasteiger partial charge in [0, 0.05) is 29.8 Å². The molecule has 0 bridgehead atoms. The summed E-state index contributed by atoms with van der Waals surface area (Å²) in [5.41, 5.74) is 6.60. The highest BCUT2D eigenvalue weighted by atomic mass is 16.7. The molecule has 4 atom stereocenters. The molecule has 2 aromatic heterocycles. The van der Waals surface area contributed by atoms with Gasteiger partial charge in [-0.25, -0.2) is 9.86 Å². The van der Waals surface area contributed by atoms with Crippen LogP contribution in [-0.2, 0) is 24.0 Å². The minimum atomic E-state index is -0.960. The Kier molecular flexibility index (Phi) is 25.5. The van der Waals surface area contributed by atoms with Gasteiger partial charge >= 0.3 is 5.97 Å². The molecular formula is C54H74N8O14. The van der Waals surface area contributed by atoms with Crippen molar-refractivity contribution in [3.8, 4) is 34.1 Å². The van der Waals surface area contributed by atoms with Crippen molar-refractivity contribution in [3.63, 3.8) is 0 Å². The van der Waals surface area contributed by atoms with E-state index < -0.39 is 53.5 Å². The highest BCUT2D eigenvalue weighted by Crippen LogP contribution is 2.31. The number of carbonyl (C=O) groups is 8. The van der Waals surface area contributed by atoms with E-state index in [0.29, 0.717) is 72.6 Å². The van der Waals surface area contributed by atoms with E-state index in [1.807, 2.05) is 13.8 Å². The number of benzene rings is 2. The number of rotatable bonds is 35.